The molecule has 0 amide bonds. The maximum Gasteiger partial charge on any atom is 0.211 e. The molecule has 2 aliphatic heterocycles. The number of benzene rings is 3. The Kier molecular flexibility index (Phi) is 4.75. The predicted molar refractivity (Wildman–Crippen MR) is 124 cm³/mol. The van der Waals surface area contributed by atoms with Crippen molar-refractivity contribution in [2.45, 2.75) is 0 Å². The zero-order valence-corrected chi connectivity index (χ0v) is 17.6. The summed E-state index contributed by atoms with van der Waals surface area (Å²) < 4.78 is 11.2. The van der Waals surface area contributed by atoms with Crippen molar-refractivity contribution in [1.82, 2.24) is 0 Å². The van der Waals surface area contributed by atoms with Gasteiger partial charge in [-0.2, -0.15) is 0 Å². The first-order valence-electron chi connectivity index (χ1n) is 10.1. The smallest absolute Gasteiger partial charge is 0.211 e. The van der Waals surface area contributed by atoms with Crippen LogP contribution in [0.2, 0.25) is 0 Å². The lowest BCUT2D eigenvalue weighted by molar-refractivity contribution is 0.103. The van der Waals surface area contributed by atoms with Crippen LogP contribution in [0.5, 0.6) is 11.5 Å². The highest BCUT2D eigenvalue weighted by Gasteiger charge is 2.26. The molecular formula is C26H20N2O4. The van der Waals surface area contributed by atoms with Crippen LogP contribution in [-0.2, 0) is 0 Å². The van der Waals surface area contributed by atoms with E-state index in [9.17, 15) is 9.59 Å². The molecule has 0 saturated carbocycles. The van der Waals surface area contributed by atoms with E-state index in [2.05, 4.69) is 10.6 Å². The van der Waals surface area contributed by atoms with Gasteiger partial charge >= 0.3 is 0 Å². The lowest BCUT2D eigenvalue weighted by Gasteiger charge is -2.12. The summed E-state index contributed by atoms with van der Waals surface area (Å²) in [6.07, 6.45) is 3.49. The number of carbonyl (C=O) groups is 2. The van der Waals surface area contributed by atoms with Gasteiger partial charge in [-0.3, -0.25) is 9.59 Å². The minimum atomic E-state index is -0.0775. The normalized spacial score (nSPS) is 16.6. The Bertz CT molecular complexity index is 1230. The third-order valence-corrected chi connectivity index (χ3v) is 5.55. The molecule has 2 aliphatic rings. The summed E-state index contributed by atoms with van der Waals surface area (Å²) in [5, 5.41) is 6.32. The second-order valence-corrected chi connectivity index (χ2v) is 7.45. The van der Waals surface area contributed by atoms with E-state index >= 15 is 0 Å². The molecular weight excluding hydrogens is 404 g/mol. The highest BCUT2D eigenvalue weighted by atomic mass is 16.5. The zero-order valence-electron chi connectivity index (χ0n) is 17.6. The van der Waals surface area contributed by atoms with Crippen LogP contribution in [-0.4, -0.2) is 25.8 Å². The molecule has 6 nitrogen and oxygen atoms in total. The molecule has 2 N–H and O–H groups in total. The molecule has 0 fully saturated rings. The van der Waals surface area contributed by atoms with Gasteiger partial charge in [-0.25, -0.2) is 0 Å². The van der Waals surface area contributed by atoms with E-state index in [0.717, 1.165) is 11.4 Å². The van der Waals surface area contributed by atoms with Crippen LogP contribution in [0.25, 0.3) is 12.2 Å². The summed E-state index contributed by atoms with van der Waals surface area (Å²) in [7, 11) is 3.13. The molecule has 158 valence electrons. The van der Waals surface area contributed by atoms with E-state index in [1.54, 1.807) is 50.6 Å². The minimum absolute atomic E-state index is 0.0775. The molecule has 3 aromatic carbocycles. The van der Waals surface area contributed by atoms with Crippen molar-refractivity contribution in [3.05, 3.63) is 94.3 Å². The minimum Gasteiger partial charge on any atom is -0.496 e. The summed E-state index contributed by atoms with van der Waals surface area (Å²) >= 11 is 0. The number of rotatable bonds is 4. The van der Waals surface area contributed by atoms with Gasteiger partial charge in [0.25, 0.3) is 0 Å². The van der Waals surface area contributed by atoms with Crippen LogP contribution in [0.3, 0.4) is 0 Å². The lowest BCUT2D eigenvalue weighted by Crippen LogP contribution is -2.02. The Hall–Kier alpha value is -4.32. The number of allylic oxidation sites excluding steroid dienone is 2. The summed E-state index contributed by atoms with van der Waals surface area (Å²) in [5.41, 5.74) is 5.12. The molecule has 0 aromatic heterocycles. The Balaban J connectivity index is 1.53. The predicted octanol–water partition coefficient (Wildman–Crippen LogP) is 5.00. The van der Waals surface area contributed by atoms with Gasteiger partial charge < -0.3 is 20.1 Å². The highest BCUT2D eigenvalue weighted by molar-refractivity contribution is 6.21. The van der Waals surface area contributed by atoms with Crippen LogP contribution >= 0.6 is 0 Å². The SMILES string of the molecule is COc1cc(C=C2Nc3ccccc3C2=O)c(OC)cc1C=C1Nc2ccccc2C1=O. The van der Waals surface area contributed by atoms with Crippen LogP contribution in [0.15, 0.2) is 72.1 Å². The average molecular weight is 424 g/mol. The van der Waals surface area contributed by atoms with Gasteiger partial charge in [0.05, 0.1) is 25.6 Å². The van der Waals surface area contributed by atoms with Crippen molar-refractivity contribution < 1.29 is 19.1 Å². The summed E-state index contributed by atoms with van der Waals surface area (Å²) in [6, 6.07) is 18.3. The number of hydrogen-bond donors (Lipinski definition) is 2. The average Bonchev–Trinajstić information content (AvgIpc) is 3.31. The van der Waals surface area contributed by atoms with Gasteiger partial charge in [0.1, 0.15) is 11.5 Å². The first-order chi connectivity index (χ1) is 15.6. The number of nitrogens with one attached hydrogen (secondary N) is 2. The number of para-hydroxylation sites is 2. The maximum absolute atomic E-state index is 12.7. The maximum atomic E-state index is 12.7. The Morgan fingerprint density at radius 1 is 0.656 bits per heavy atom. The van der Waals surface area contributed by atoms with Gasteiger partial charge in [0.15, 0.2) is 0 Å². The summed E-state index contributed by atoms with van der Waals surface area (Å²) in [4.78, 5) is 25.5. The lowest BCUT2D eigenvalue weighted by atomic mass is 10.0. The number of fused-ring (bicyclic) bond motifs is 2. The van der Waals surface area contributed by atoms with Crippen molar-refractivity contribution in [2.75, 3.05) is 24.9 Å². The van der Waals surface area contributed by atoms with Crippen molar-refractivity contribution in [1.29, 1.82) is 0 Å². The van der Waals surface area contributed by atoms with Gasteiger partial charge in [-0.05, 0) is 48.6 Å². The summed E-state index contributed by atoms with van der Waals surface area (Å²) in [6.45, 7) is 0. The molecule has 5 rings (SSSR count). The van der Waals surface area contributed by atoms with Gasteiger partial charge in [-0.15, -0.1) is 0 Å². The molecule has 32 heavy (non-hydrogen) atoms. The zero-order chi connectivity index (χ0) is 22.2. The molecule has 2 heterocycles. The van der Waals surface area contributed by atoms with Gasteiger partial charge in [0, 0.05) is 33.6 Å². The molecule has 0 unspecified atom stereocenters. The molecule has 0 atom stereocenters. The number of methoxy groups -OCH3 is 2. The first-order valence-corrected chi connectivity index (χ1v) is 10.1. The van der Waals surface area contributed by atoms with Crippen molar-refractivity contribution in [3.63, 3.8) is 0 Å². The van der Waals surface area contributed by atoms with Crippen LogP contribution in [0.4, 0.5) is 11.4 Å². The monoisotopic (exact) mass is 424 g/mol. The van der Waals surface area contributed by atoms with E-state index in [1.807, 2.05) is 36.4 Å². The number of Topliss-reactive ketones (excluding diaryl/α,β-unsaturated/α-hetero) is 2. The fraction of sp³-hybridized carbons (Fsp3) is 0.0769. The standard InChI is InChI=1S/C26H20N2O4/c1-31-23-13-16(12-22-26(30)18-8-4-6-10-20(18)28-22)24(32-2)14-15(23)11-21-25(29)17-7-3-5-9-19(17)27-21/h3-14,27-28H,1-2H3. The number of anilines is 2. The second kappa shape index (κ2) is 7.74. The highest BCUT2D eigenvalue weighted by Crippen LogP contribution is 2.36. The van der Waals surface area contributed by atoms with E-state index in [0.29, 0.717) is 45.1 Å². The van der Waals surface area contributed by atoms with Gasteiger partial charge in [0.2, 0.25) is 11.6 Å². The summed E-state index contributed by atoms with van der Waals surface area (Å²) in [5.74, 6) is 0.954. The van der Waals surface area contributed by atoms with Crippen LogP contribution in [0.1, 0.15) is 31.8 Å². The third-order valence-electron chi connectivity index (χ3n) is 5.55. The van der Waals surface area contributed by atoms with E-state index in [1.165, 1.54) is 0 Å². The molecule has 0 aliphatic carbocycles. The topological polar surface area (TPSA) is 76.7 Å². The van der Waals surface area contributed by atoms with E-state index < -0.39 is 0 Å². The third kappa shape index (κ3) is 3.22. The Morgan fingerprint density at radius 2 is 1.06 bits per heavy atom. The number of ketones is 2. The number of ether oxygens (including phenoxy) is 2. The first kappa shape index (κ1) is 19.6. The fourth-order valence-corrected chi connectivity index (χ4v) is 3.96. The Labute approximate surface area is 185 Å². The molecule has 3 aromatic rings. The molecule has 0 saturated heterocycles. The fourth-order valence-electron chi connectivity index (χ4n) is 3.96. The molecule has 0 spiro atoms. The van der Waals surface area contributed by atoms with Crippen LogP contribution < -0.4 is 20.1 Å². The van der Waals surface area contributed by atoms with E-state index in [-0.39, 0.29) is 11.6 Å². The second-order valence-electron chi connectivity index (χ2n) is 7.45. The molecule has 6 heteroatoms. The van der Waals surface area contributed by atoms with E-state index in [4.69, 9.17) is 9.47 Å². The molecule has 0 radical (unpaired) electrons. The number of hydrogen-bond acceptors (Lipinski definition) is 6. The Morgan fingerprint density at radius 3 is 1.44 bits per heavy atom. The van der Waals surface area contributed by atoms with Crippen LogP contribution in [0, 0.1) is 0 Å². The van der Waals surface area contributed by atoms with Crippen molar-refractivity contribution >= 4 is 35.1 Å². The quantitative estimate of drug-likeness (QED) is 0.574. The van der Waals surface area contributed by atoms with Gasteiger partial charge in [-0.1, -0.05) is 24.3 Å². The van der Waals surface area contributed by atoms with Crippen molar-refractivity contribution in [3.8, 4) is 11.5 Å². The van der Waals surface area contributed by atoms with Crippen molar-refractivity contribution in [2.24, 2.45) is 0 Å². The largest absolute Gasteiger partial charge is 0.496 e. The molecule has 0 bridgehead atoms. The number of carbonyl (C=O) groups excluding carboxylic acids is 2.